The van der Waals surface area contributed by atoms with Crippen molar-refractivity contribution in [1.29, 1.82) is 0 Å². The monoisotopic (exact) mass is 378 g/mol. The molecule has 0 atom stereocenters. The summed E-state index contributed by atoms with van der Waals surface area (Å²) in [7, 11) is 2.96. The highest BCUT2D eigenvalue weighted by molar-refractivity contribution is 6.31. The van der Waals surface area contributed by atoms with Gasteiger partial charge in [0.15, 0.2) is 6.61 Å². The molecule has 2 N–H and O–H groups in total. The predicted octanol–water partition coefficient (Wildman–Crippen LogP) is 2.51. The van der Waals surface area contributed by atoms with Crippen molar-refractivity contribution in [3.05, 3.63) is 52.5 Å². The molecule has 0 heterocycles. The van der Waals surface area contributed by atoms with Crippen molar-refractivity contribution >= 4 is 23.4 Å². The fourth-order valence-corrected chi connectivity index (χ4v) is 2.15. The summed E-state index contributed by atoms with van der Waals surface area (Å²) in [4.78, 5) is 24.0. The molecular weight excluding hydrogens is 360 g/mol. The Bertz CT molecular complexity index is 788. The van der Waals surface area contributed by atoms with Gasteiger partial charge in [-0.1, -0.05) is 11.6 Å². The fraction of sp³-hybridized carbons (Fsp3) is 0.222. The number of hydrogen-bond donors (Lipinski definition) is 2. The maximum Gasteiger partial charge on any atom is 0.276 e. The van der Waals surface area contributed by atoms with E-state index in [0.717, 1.165) is 5.56 Å². The molecule has 0 aliphatic carbocycles. The summed E-state index contributed by atoms with van der Waals surface area (Å²) in [5, 5.41) is 0.614. The highest BCUT2D eigenvalue weighted by Gasteiger charge is 2.11. The van der Waals surface area contributed by atoms with Crippen LogP contribution in [-0.4, -0.2) is 32.6 Å². The lowest BCUT2D eigenvalue weighted by atomic mass is 10.2. The number of carbonyl (C=O) groups is 2. The van der Waals surface area contributed by atoms with Gasteiger partial charge in [0.2, 0.25) is 0 Å². The van der Waals surface area contributed by atoms with Gasteiger partial charge in [0.05, 0.1) is 14.2 Å². The number of benzene rings is 2. The first-order valence-electron chi connectivity index (χ1n) is 7.64. The van der Waals surface area contributed by atoms with E-state index in [1.165, 1.54) is 26.4 Å². The zero-order valence-corrected chi connectivity index (χ0v) is 15.3. The lowest BCUT2D eigenvalue weighted by molar-refractivity contribution is -0.123. The highest BCUT2D eigenvalue weighted by Crippen LogP contribution is 2.22. The van der Waals surface area contributed by atoms with Crippen LogP contribution in [0, 0.1) is 6.92 Å². The molecule has 7 nitrogen and oxygen atoms in total. The summed E-state index contributed by atoms with van der Waals surface area (Å²) in [6.45, 7) is 1.57. The highest BCUT2D eigenvalue weighted by atomic mass is 35.5. The van der Waals surface area contributed by atoms with Gasteiger partial charge in [0.25, 0.3) is 11.8 Å². The van der Waals surface area contributed by atoms with Crippen LogP contribution in [0.3, 0.4) is 0 Å². The number of ether oxygens (including phenoxy) is 3. The van der Waals surface area contributed by atoms with Gasteiger partial charge in [-0.15, -0.1) is 0 Å². The number of methoxy groups -OCH3 is 2. The van der Waals surface area contributed by atoms with Crippen LogP contribution in [0.4, 0.5) is 0 Å². The Morgan fingerprint density at radius 2 is 1.62 bits per heavy atom. The SMILES string of the molecule is COc1cc(OC)cc(C(=O)NNC(=O)COc2ccc(Cl)c(C)c2)c1. The molecule has 2 aromatic rings. The molecule has 0 saturated carbocycles. The molecule has 26 heavy (non-hydrogen) atoms. The van der Waals surface area contributed by atoms with Crippen molar-refractivity contribution < 1.29 is 23.8 Å². The van der Waals surface area contributed by atoms with E-state index in [2.05, 4.69) is 10.9 Å². The Kier molecular flexibility index (Phi) is 6.68. The molecule has 0 radical (unpaired) electrons. The van der Waals surface area contributed by atoms with Crippen molar-refractivity contribution in [1.82, 2.24) is 10.9 Å². The van der Waals surface area contributed by atoms with E-state index in [9.17, 15) is 9.59 Å². The first-order chi connectivity index (χ1) is 12.4. The summed E-state index contributed by atoms with van der Waals surface area (Å²) in [5.74, 6) is 0.397. The minimum atomic E-state index is -0.516. The maximum absolute atomic E-state index is 12.1. The number of halogens is 1. The summed E-state index contributed by atoms with van der Waals surface area (Å²) < 4.78 is 15.6. The van der Waals surface area contributed by atoms with Crippen LogP contribution in [0.15, 0.2) is 36.4 Å². The molecule has 0 fully saturated rings. The number of aryl methyl sites for hydroxylation is 1. The van der Waals surface area contributed by atoms with Crippen LogP contribution in [0.5, 0.6) is 17.2 Å². The molecule has 0 aliphatic heterocycles. The van der Waals surface area contributed by atoms with Crippen LogP contribution < -0.4 is 25.1 Å². The molecule has 8 heteroatoms. The number of carbonyl (C=O) groups excluding carboxylic acids is 2. The van der Waals surface area contributed by atoms with Gasteiger partial charge in [-0.2, -0.15) is 0 Å². The Labute approximate surface area is 156 Å². The van der Waals surface area contributed by atoms with Gasteiger partial charge in [0.1, 0.15) is 17.2 Å². The third kappa shape index (κ3) is 5.29. The van der Waals surface area contributed by atoms with Gasteiger partial charge >= 0.3 is 0 Å². The van der Waals surface area contributed by atoms with Crippen LogP contribution >= 0.6 is 11.6 Å². The van der Waals surface area contributed by atoms with Gasteiger partial charge in [0, 0.05) is 16.7 Å². The van der Waals surface area contributed by atoms with Crippen molar-refractivity contribution in [2.75, 3.05) is 20.8 Å². The summed E-state index contributed by atoms with van der Waals surface area (Å²) >= 11 is 5.93. The lowest BCUT2D eigenvalue weighted by Gasteiger charge is -2.11. The third-order valence-corrected chi connectivity index (χ3v) is 3.85. The van der Waals surface area contributed by atoms with Crippen LogP contribution in [-0.2, 0) is 4.79 Å². The average Bonchev–Trinajstić information content (AvgIpc) is 2.66. The van der Waals surface area contributed by atoms with E-state index in [0.29, 0.717) is 22.3 Å². The summed E-state index contributed by atoms with van der Waals surface area (Å²) in [6.07, 6.45) is 0. The Balaban J connectivity index is 1.88. The zero-order chi connectivity index (χ0) is 19.1. The largest absolute Gasteiger partial charge is 0.497 e. The molecule has 2 amide bonds. The number of hydrogen-bond acceptors (Lipinski definition) is 5. The number of rotatable bonds is 6. The first kappa shape index (κ1) is 19.4. The molecule has 0 saturated heterocycles. The quantitative estimate of drug-likeness (QED) is 0.754. The van der Waals surface area contributed by atoms with Gasteiger partial charge < -0.3 is 14.2 Å². The smallest absolute Gasteiger partial charge is 0.276 e. The van der Waals surface area contributed by atoms with Gasteiger partial charge in [-0.25, -0.2) is 0 Å². The number of amides is 2. The second-order valence-electron chi connectivity index (χ2n) is 5.30. The Hall–Kier alpha value is -2.93. The standard InChI is InChI=1S/C18H19ClN2O5/c1-11-6-13(4-5-16(11)19)26-10-17(22)20-21-18(23)12-7-14(24-2)9-15(8-12)25-3/h4-9H,10H2,1-3H3,(H,20,22)(H,21,23). The molecule has 138 valence electrons. The van der Waals surface area contributed by atoms with Gasteiger partial charge in [-0.3, -0.25) is 20.4 Å². The Morgan fingerprint density at radius 3 is 2.19 bits per heavy atom. The predicted molar refractivity (Wildman–Crippen MR) is 96.8 cm³/mol. The van der Waals surface area contributed by atoms with E-state index in [1.807, 2.05) is 6.92 Å². The first-order valence-corrected chi connectivity index (χ1v) is 8.02. The van der Waals surface area contributed by atoms with E-state index < -0.39 is 11.8 Å². The Morgan fingerprint density at radius 1 is 0.962 bits per heavy atom. The van der Waals surface area contributed by atoms with Crippen molar-refractivity contribution in [2.45, 2.75) is 6.92 Å². The van der Waals surface area contributed by atoms with Crippen molar-refractivity contribution in [2.24, 2.45) is 0 Å². The van der Waals surface area contributed by atoms with E-state index in [-0.39, 0.29) is 12.2 Å². The molecule has 0 spiro atoms. The van der Waals surface area contributed by atoms with Crippen molar-refractivity contribution in [3.63, 3.8) is 0 Å². The molecule has 0 aromatic heterocycles. The second-order valence-corrected chi connectivity index (χ2v) is 5.71. The maximum atomic E-state index is 12.1. The van der Waals surface area contributed by atoms with Crippen molar-refractivity contribution in [3.8, 4) is 17.2 Å². The zero-order valence-electron chi connectivity index (χ0n) is 14.6. The molecule has 2 rings (SSSR count). The van der Waals surface area contributed by atoms with Crippen LogP contribution in [0.1, 0.15) is 15.9 Å². The average molecular weight is 379 g/mol. The van der Waals surface area contributed by atoms with E-state index in [4.69, 9.17) is 25.8 Å². The normalized spacial score (nSPS) is 10.0. The third-order valence-electron chi connectivity index (χ3n) is 3.43. The van der Waals surface area contributed by atoms with E-state index >= 15 is 0 Å². The topological polar surface area (TPSA) is 85.9 Å². The molecule has 0 bridgehead atoms. The number of nitrogens with one attached hydrogen (secondary N) is 2. The van der Waals surface area contributed by atoms with Crippen LogP contribution in [0.25, 0.3) is 0 Å². The van der Waals surface area contributed by atoms with Gasteiger partial charge in [-0.05, 0) is 42.8 Å². The van der Waals surface area contributed by atoms with E-state index in [1.54, 1.807) is 24.3 Å². The summed E-state index contributed by atoms with van der Waals surface area (Å²) in [6, 6.07) is 9.74. The molecule has 2 aromatic carbocycles. The second kappa shape index (κ2) is 8.96. The minimum Gasteiger partial charge on any atom is -0.497 e. The minimum absolute atomic E-state index is 0.261. The summed E-state index contributed by atoms with van der Waals surface area (Å²) in [5.41, 5.74) is 5.70. The lowest BCUT2D eigenvalue weighted by Crippen LogP contribution is -2.43. The number of hydrazine groups is 1. The molecule has 0 aliphatic rings. The molecule has 0 unspecified atom stereocenters. The molecular formula is C18H19ClN2O5. The fourth-order valence-electron chi connectivity index (χ4n) is 2.03. The van der Waals surface area contributed by atoms with Crippen LogP contribution in [0.2, 0.25) is 5.02 Å².